The van der Waals surface area contributed by atoms with E-state index in [-0.39, 0.29) is 0 Å². The second-order valence-corrected chi connectivity index (χ2v) is 49.8. The van der Waals surface area contributed by atoms with Gasteiger partial charge in [0.1, 0.15) is 28.6 Å². The average Bonchev–Trinajstić information content (AvgIpc) is 1.71. The summed E-state index contributed by atoms with van der Waals surface area (Å²) >= 11 is 0. The Morgan fingerprint density at radius 2 is 0.631 bits per heavy atom. The standard InChI is InChI=1S/C24H27N4OP.C21H21N4OP.C19H20N3OP.2C18H19N4OP.10C2H6/c1-18-7-4-8-19(17-18)26-24-25-13-11-22(27-24)20-9-5-10-23-21(20)12-15-28(23)14-6-16-30(2,3)29;1-14-5-4-6-15(11-14)24-21-23-10-8-19(25-21)18-12-16(27(2,3)26)13-20-17(18)7-9-22-20;1-14-6-4-8-16(12-14)21-19-20-11-10-18(22-19)15-7-5-9-17(13-15)24(2,3)23;1-13-5-4-6-15(11-13)21-18-20-10-8-16(22-18)14-7-9-19-17(12-14)24(2,3)23;1-13-5-4-6-15(9-13)21-18-20-8-7-17(22-18)14-10-16(12-19-11-14)24(2,3)23;10*1-2/h4-5,7-13,15,17H,6,14,16H2,1-3H3,(H,25,26,27);4-13,22H,1-3H3,(H,23,24,25);4-13H,1-3H3,(H,20,21,22);2*4-12H,1-3H3,(H,20,21,22);10*1-2H3. The molecule has 0 fully saturated rings. The van der Waals surface area contributed by atoms with E-state index in [1.165, 1.54) is 22.2 Å². The lowest BCUT2D eigenvalue weighted by Crippen LogP contribution is -2.08. The summed E-state index contributed by atoms with van der Waals surface area (Å²) in [6, 6.07) is 77.3. The SMILES string of the molecule is CC.CC.CC.CC.CC.CC.CC.CC.CC.CC.Cc1cccc(Nc2nccc(-c3cc(P(C)(C)=O)cc4[nH]ccc34)n2)c1.Cc1cccc(Nc2nccc(-c3cccc(P(C)(C)=O)c3)n2)c1.Cc1cccc(Nc2nccc(-c3cccc4c3ccn4CCCP(C)(C)=O)n2)c1.Cc1cccc(Nc2nccc(-c3ccnc(P(C)(C)=O)c3)n2)c1.Cc1cccc(Nc2nccc(-c3cncc(P(C)(C)=O)c3)n2)c1. The molecule has 0 spiro atoms. The molecule has 0 aliphatic carbocycles. The Hall–Kier alpha value is -13.3. The zero-order valence-electron chi connectivity index (χ0n) is 95.0. The van der Waals surface area contributed by atoms with Crippen molar-refractivity contribution in [2.24, 2.45) is 0 Å². The Balaban J connectivity index is 0.000000459. The van der Waals surface area contributed by atoms with Crippen molar-refractivity contribution in [3.8, 4) is 56.3 Å². The topological polar surface area (TPSA) is 321 Å². The molecule has 0 aliphatic rings. The van der Waals surface area contributed by atoms with Gasteiger partial charge >= 0.3 is 0 Å². The summed E-state index contributed by atoms with van der Waals surface area (Å²) in [7, 11) is -11.4. The lowest BCUT2D eigenvalue weighted by Gasteiger charge is -2.12. The van der Waals surface area contributed by atoms with E-state index in [1.807, 2.05) is 386 Å². The number of pyridine rings is 2. The van der Waals surface area contributed by atoms with E-state index in [0.29, 0.717) is 35.2 Å². The van der Waals surface area contributed by atoms with Gasteiger partial charge in [0, 0.05) is 169 Å². The number of anilines is 10. The van der Waals surface area contributed by atoms with Gasteiger partial charge in [-0.1, -0.05) is 229 Å². The summed E-state index contributed by atoms with van der Waals surface area (Å²) in [5.41, 5.74) is 22.0. The maximum absolute atomic E-state index is 12.6. The van der Waals surface area contributed by atoms with Crippen molar-refractivity contribution in [1.82, 2.24) is 69.4 Å². The molecule has 0 saturated carbocycles. The van der Waals surface area contributed by atoms with Crippen LogP contribution in [-0.4, -0.2) is 142 Å². The molecule has 0 atom stereocenters. The van der Waals surface area contributed by atoms with E-state index in [4.69, 9.17) is 9.97 Å². The lowest BCUT2D eigenvalue weighted by atomic mass is 10.1. The number of aryl methyl sites for hydroxylation is 6. The van der Waals surface area contributed by atoms with E-state index < -0.39 is 35.7 Å². The fourth-order valence-corrected chi connectivity index (χ4v) is 18.1. The largest absolute Gasteiger partial charge is 0.361 e. The van der Waals surface area contributed by atoms with Crippen molar-refractivity contribution in [1.29, 1.82) is 0 Å². The summed E-state index contributed by atoms with van der Waals surface area (Å²) in [5.74, 6) is 2.69. The van der Waals surface area contributed by atoms with Crippen LogP contribution >= 0.6 is 35.7 Å². The average molecular weight is 2110 g/mol. The molecular weight excluding hydrogens is 1940 g/mol. The molecule has 0 bridgehead atoms. The lowest BCUT2D eigenvalue weighted by molar-refractivity contribution is 0.577. The highest BCUT2D eigenvalue weighted by atomic mass is 31.2. The fourth-order valence-electron chi connectivity index (χ4n) is 13.8. The van der Waals surface area contributed by atoms with Crippen molar-refractivity contribution >= 4 is 137 Å². The smallest absolute Gasteiger partial charge is 0.227 e. The molecule has 796 valence electrons. The van der Waals surface area contributed by atoms with Crippen LogP contribution in [-0.2, 0) is 29.4 Å². The van der Waals surface area contributed by atoms with Crippen molar-refractivity contribution in [2.75, 3.05) is 99.4 Å². The molecule has 9 heterocycles. The number of nitrogens with zero attached hydrogens (tertiary/aromatic N) is 13. The number of hydrogen-bond acceptors (Lipinski definition) is 22. The Morgan fingerprint density at radius 1 is 0.289 bits per heavy atom. The second-order valence-electron chi connectivity index (χ2n) is 33.4. The van der Waals surface area contributed by atoms with Gasteiger partial charge in [0.05, 0.1) is 41.0 Å². The first-order chi connectivity index (χ1) is 71.5. The molecule has 29 heteroatoms. The van der Waals surface area contributed by atoms with Crippen LogP contribution in [0.2, 0.25) is 0 Å². The third kappa shape index (κ3) is 43.8. The number of aromatic amines is 1. The quantitative estimate of drug-likeness (QED) is 0.0324. The Morgan fingerprint density at radius 3 is 1.01 bits per heavy atom. The molecule has 9 aromatic heterocycles. The van der Waals surface area contributed by atoms with Crippen LogP contribution in [0.15, 0.2) is 299 Å². The molecule has 24 nitrogen and oxygen atoms in total. The number of hydrogen-bond donors (Lipinski definition) is 6. The first kappa shape index (κ1) is 130. The summed E-state index contributed by atoms with van der Waals surface area (Å²) in [6.07, 6.45) is 19.4. The zero-order chi connectivity index (χ0) is 112. The Bertz CT molecular complexity index is 6740. The van der Waals surface area contributed by atoms with Gasteiger partial charge < -0.3 is 59.0 Å². The van der Waals surface area contributed by atoms with E-state index in [1.54, 1.807) is 103 Å². The van der Waals surface area contributed by atoms with Crippen molar-refractivity contribution < 1.29 is 22.8 Å². The summed E-state index contributed by atoms with van der Waals surface area (Å²) in [4.78, 5) is 56.3. The monoisotopic (exact) mass is 2110 g/mol. The molecule has 0 radical (unpaired) electrons. The number of fused-ring (bicyclic) bond motifs is 2. The van der Waals surface area contributed by atoms with Crippen LogP contribution in [0.25, 0.3) is 78.1 Å². The Kier molecular flexibility index (Phi) is 58.9. The van der Waals surface area contributed by atoms with Crippen molar-refractivity contribution in [3.05, 3.63) is 326 Å². The van der Waals surface area contributed by atoms with E-state index in [0.717, 1.165) is 147 Å². The molecule has 6 N–H and O–H groups in total. The number of rotatable bonds is 23. The van der Waals surface area contributed by atoms with Crippen LogP contribution in [0, 0.1) is 34.6 Å². The molecule has 0 amide bonds. The minimum atomic E-state index is -2.41. The van der Waals surface area contributed by atoms with Crippen LogP contribution in [0.1, 0.15) is 173 Å². The molecule has 8 aromatic carbocycles. The van der Waals surface area contributed by atoms with Crippen LogP contribution in [0.4, 0.5) is 58.2 Å². The predicted octanol–water partition coefficient (Wildman–Crippen LogP) is 33.5. The van der Waals surface area contributed by atoms with Crippen molar-refractivity contribution in [3.63, 3.8) is 0 Å². The molecular formula is C120H166N19O5P5. The van der Waals surface area contributed by atoms with Crippen LogP contribution in [0.3, 0.4) is 0 Å². The molecule has 0 saturated heterocycles. The van der Waals surface area contributed by atoms with Crippen molar-refractivity contribution in [2.45, 2.75) is 186 Å². The fraction of sp³-hybridized carbons (Fsp3) is 0.317. The summed E-state index contributed by atoms with van der Waals surface area (Å²) < 4.78 is 63.7. The van der Waals surface area contributed by atoms with Crippen LogP contribution in [0.5, 0.6) is 0 Å². The number of H-pyrrole nitrogens is 1. The maximum atomic E-state index is 12.6. The predicted molar refractivity (Wildman–Crippen MR) is 651 cm³/mol. The normalized spacial score (nSPS) is 10.3. The van der Waals surface area contributed by atoms with E-state index in [2.05, 4.69) is 135 Å². The highest BCUT2D eigenvalue weighted by Crippen LogP contribution is 2.42. The molecule has 0 aliphatic heterocycles. The number of nitrogens with one attached hydrogen (secondary N) is 6. The third-order valence-electron chi connectivity index (χ3n) is 20.4. The second kappa shape index (κ2) is 67.6. The highest BCUT2D eigenvalue weighted by molar-refractivity contribution is 7.71. The molecule has 17 aromatic rings. The third-order valence-corrected chi connectivity index (χ3v) is 27.6. The minimum absolute atomic E-state index is 0.514. The van der Waals surface area contributed by atoms with Gasteiger partial charge in [-0.3, -0.25) is 9.97 Å². The molecule has 0 unspecified atom stereocenters. The van der Waals surface area contributed by atoms with E-state index >= 15 is 0 Å². The number of benzene rings is 8. The van der Waals surface area contributed by atoms with E-state index in [9.17, 15) is 22.8 Å². The van der Waals surface area contributed by atoms with Gasteiger partial charge in [0.25, 0.3) is 0 Å². The summed E-state index contributed by atoms with van der Waals surface area (Å²) in [5, 5.41) is 20.8. The Labute approximate surface area is 891 Å². The first-order valence-corrected chi connectivity index (χ1v) is 65.1. The van der Waals surface area contributed by atoms with Crippen LogP contribution < -0.4 is 47.9 Å². The molecule has 149 heavy (non-hydrogen) atoms. The highest BCUT2D eigenvalue weighted by Gasteiger charge is 2.21. The van der Waals surface area contributed by atoms with Gasteiger partial charge in [-0.2, -0.15) is 0 Å². The zero-order valence-corrected chi connectivity index (χ0v) is 99.5. The van der Waals surface area contributed by atoms with Gasteiger partial charge in [0.2, 0.25) is 29.7 Å². The maximum Gasteiger partial charge on any atom is 0.227 e. The molecule has 17 rings (SSSR count). The first-order valence-electron chi connectivity index (χ1n) is 51.9. The van der Waals surface area contributed by atoms with Gasteiger partial charge in [-0.05, 0) is 281 Å². The summed E-state index contributed by atoms with van der Waals surface area (Å²) in [6.45, 7) is 68.8. The van der Waals surface area contributed by atoms with Gasteiger partial charge in [-0.25, -0.2) is 49.8 Å². The minimum Gasteiger partial charge on any atom is -0.361 e. The number of aromatic nitrogens is 14. The van der Waals surface area contributed by atoms with Gasteiger partial charge in [0.15, 0.2) is 0 Å². The van der Waals surface area contributed by atoms with Gasteiger partial charge in [-0.15, -0.1) is 0 Å².